The van der Waals surface area contributed by atoms with E-state index in [4.69, 9.17) is 5.73 Å². The van der Waals surface area contributed by atoms with Crippen LogP contribution in [-0.4, -0.2) is 14.6 Å². The van der Waals surface area contributed by atoms with Crippen molar-refractivity contribution in [3.63, 3.8) is 0 Å². The van der Waals surface area contributed by atoms with Gasteiger partial charge in [-0.25, -0.2) is 0 Å². The summed E-state index contributed by atoms with van der Waals surface area (Å²) in [4.78, 5) is 0. The van der Waals surface area contributed by atoms with Crippen LogP contribution >= 0.6 is 0 Å². The molecule has 0 aliphatic heterocycles. The largest absolute Gasteiger partial charge is 0.416 e. The molecule has 3 aromatic rings. The summed E-state index contributed by atoms with van der Waals surface area (Å²) in [5.41, 5.74) is 6.99. The van der Waals surface area contributed by atoms with Crippen LogP contribution in [0.3, 0.4) is 0 Å². The zero-order valence-electron chi connectivity index (χ0n) is 11.5. The van der Waals surface area contributed by atoms with Crippen LogP contribution in [0, 0.1) is 0 Å². The van der Waals surface area contributed by atoms with Crippen molar-refractivity contribution in [2.24, 2.45) is 5.73 Å². The van der Waals surface area contributed by atoms with Gasteiger partial charge in [0.2, 0.25) is 0 Å². The second kappa shape index (κ2) is 5.42. The Balaban J connectivity index is 2.01. The predicted molar refractivity (Wildman–Crippen MR) is 75.1 cm³/mol. The standard InChI is InChI=1S/C15H13F3N4/c16-15(17,18)11-4-1-3-10(7-11)8-14-21-20-13-6-2-5-12(9-19)22(13)14/h1-7H,8-9,19H2. The molecule has 1 aromatic carbocycles. The van der Waals surface area contributed by atoms with Crippen LogP contribution in [0.15, 0.2) is 42.5 Å². The minimum atomic E-state index is -4.36. The Hall–Kier alpha value is -2.41. The van der Waals surface area contributed by atoms with Gasteiger partial charge < -0.3 is 5.73 Å². The molecule has 0 aliphatic rings. The van der Waals surface area contributed by atoms with Crippen LogP contribution in [0.2, 0.25) is 0 Å². The molecule has 0 saturated heterocycles. The quantitative estimate of drug-likeness (QED) is 0.809. The zero-order chi connectivity index (χ0) is 15.7. The van der Waals surface area contributed by atoms with E-state index >= 15 is 0 Å². The van der Waals surface area contributed by atoms with Crippen LogP contribution in [0.5, 0.6) is 0 Å². The van der Waals surface area contributed by atoms with E-state index in [1.165, 1.54) is 6.07 Å². The molecular weight excluding hydrogens is 293 g/mol. The highest BCUT2D eigenvalue weighted by Crippen LogP contribution is 2.30. The number of alkyl halides is 3. The first-order valence-corrected chi connectivity index (χ1v) is 6.67. The number of nitrogens with two attached hydrogens (primary N) is 1. The van der Waals surface area contributed by atoms with Gasteiger partial charge in [0, 0.05) is 18.7 Å². The van der Waals surface area contributed by atoms with E-state index in [-0.39, 0.29) is 6.42 Å². The summed E-state index contributed by atoms with van der Waals surface area (Å²) < 4.78 is 40.1. The number of rotatable bonds is 3. The van der Waals surface area contributed by atoms with Gasteiger partial charge in [-0.05, 0) is 23.8 Å². The first kappa shape index (κ1) is 14.5. The van der Waals surface area contributed by atoms with Gasteiger partial charge in [-0.1, -0.05) is 24.3 Å². The summed E-state index contributed by atoms with van der Waals surface area (Å²) in [7, 11) is 0. The maximum Gasteiger partial charge on any atom is 0.416 e. The first-order valence-electron chi connectivity index (χ1n) is 6.67. The molecule has 0 saturated carbocycles. The molecule has 0 radical (unpaired) electrons. The van der Waals surface area contributed by atoms with Crippen LogP contribution < -0.4 is 5.73 Å². The molecule has 3 rings (SSSR count). The molecule has 2 aromatic heterocycles. The normalized spacial score (nSPS) is 12.0. The third-order valence-electron chi connectivity index (χ3n) is 3.40. The molecular formula is C15H13F3N4. The maximum atomic E-state index is 12.8. The van der Waals surface area contributed by atoms with Crippen molar-refractivity contribution < 1.29 is 13.2 Å². The van der Waals surface area contributed by atoms with Crippen molar-refractivity contribution in [3.8, 4) is 0 Å². The molecule has 0 fully saturated rings. The Bertz CT molecular complexity index is 808. The average Bonchev–Trinajstić information content (AvgIpc) is 2.90. The number of pyridine rings is 1. The highest BCUT2D eigenvalue weighted by Gasteiger charge is 2.30. The fourth-order valence-corrected chi connectivity index (χ4v) is 2.39. The Morgan fingerprint density at radius 3 is 2.55 bits per heavy atom. The fraction of sp³-hybridized carbons (Fsp3) is 0.200. The Morgan fingerprint density at radius 1 is 1.05 bits per heavy atom. The number of aromatic nitrogens is 3. The number of benzene rings is 1. The molecule has 0 unspecified atom stereocenters. The summed E-state index contributed by atoms with van der Waals surface area (Å²) in [6.45, 7) is 0.297. The van der Waals surface area contributed by atoms with Crippen molar-refractivity contribution in [1.82, 2.24) is 14.6 Å². The number of halogens is 3. The minimum absolute atomic E-state index is 0.252. The molecule has 2 N–H and O–H groups in total. The van der Waals surface area contributed by atoms with E-state index in [2.05, 4.69) is 10.2 Å². The van der Waals surface area contributed by atoms with Gasteiger partial charge in [0.05, 0.1) is 5.56 Å². The van der Waals surface area contributed by atoms with Crippen molar-refractivity contribution in [3.05, 3.63) is 65.1 Å². The van der Waals surface area contributed by atoms with E-state index in [1.807, 2.05) is 12.1 Å². The van der Waals surface area contributed by atoms with Crippen molar-refractivity contribution >= 4 is 5.65 Å². The van der Waals surface area contributed by atoms with Gasteiger partial charge in [-0.2, -0.15) is 13.2 Å². The lowest BCUT2D eigenvalue weighted by Crippen LogP contribution is -2.08. The average molecular weight is 306 g/mol. The van der Waals surface area contributed by atoms with Crippen LogP contribution in [-0.2, 0) is 19.1 Å². The van der Waals surface area contributed by atoms with Crippen molar-refractivity contribution in [2.75, 3.05) is 0 Å². The smallest absolute Gasteiger partial charge is 0.325 e. The maximum absolute atomic E-state index is 12.8. The van der Waals surface area contributed by atoms with Crippen LogP contribution in [0.1, 0.15) is 22.6 Å². The monoisotopic (exact) mass is 306 g/mol. The van der Waals surface area contributed by atoms with E-state index in [0.717, 1.165) is 17.8 Å². The number of fused-ring (bicyclic) bond motifs is 1. The molecule has 0 atom stereocenters. The summed E-state index contributed by atoms with van der Waals surface area (Å²) in [6.07, 6.45) is -4.10. The van der Waals surface area contributed by atoms with Gasteiger partial charge >= 0.3 is 6.18 Å². The molecule has 0 amide bonds. The molecule has 2 heterocycles. The highest BCUT2D eigenvalue weighted by molar-refractivity contribution is 5.41. The Kier molecular flexibility index (Phi) is 3.58. The van der Waals surface area contributed by atoms with Gasteiger partial charge in [-0.15, -0.1) is 10.2 Å². The predicted octanol–water partition coefficient (Wildman–Crippen LogP) is 2.80. The van der Waals surface area contributed by atoms with E-state index in [9.17, 15) is 13.2 Å². The van der Waals surface area contributed by atoms with Gasteiger partial charge in [0.1, 0.15) is 5.82 Å². The molecule has 4 nitrogen and oxygen atoms in total. The summed E-state index contributed by atoms with van der Waals surface area (Å²) in [5, 5.41) is 8.10. The second-order valence-corrected chi connectivity index (χ2v) is 4.91. The third-order valence-corrected chi connectivity index (χ3v) is 3.40. The van der Waals surface area contributed by atoms with Crippen molar-refractivity contribution in [2.45, 2.75) is 19.1 Å². The molecule has 114 valence electrons. The molecule has 0 aliphatic carbocycles. The minimum Gasteiger partial charge on any atom is -0.325 e. The topological polar surface area (TPSA) is 56.2 Å². The van der Waals surface area contributed by atoms with Gasteiger partial charge in [0.25, 0.3) is 0 Å². The molecule has 0 bridgehead atoms. The lowest BCUT2D eigenvalue weighted by Gasteiger charge is -2.09. The lowest BCUT2D eigenvalue weighted by molar-refractivity contribution is -0.137. The van der Waals surface area contributed by atoms with E-state index in [1.54, 1.807) is 16.5 Å². The van der Waals surface area contributed by atoms with Crippen LogP contribution in [0.25, 0.3) is 5.65 Å². The molecule has 7 heteroatoms. The summed E-state index contributed by atoms with van der Waals surface area (Å²) in [6, 6.07) is 10.7. The Labute approximate surface area is 124 Å². The Morgan fingerprint density at radius 2 is 1.82 bits per heavy atom. The number of nitrogens with zero attached hydrogens (tertiary/aromatic N) is 3. The molecule has 0 spiro atoms. The second-order valence-electron chi connectivity index (χ2n) is 4.91. The number of hydrogen-bond donors (Lipinski definition) is 1. The zero-order valence-corrected chi connectivity index (χ0v) is 11.5. The summed E-state index contributed by atoms with van der Waals surface area (Å²) >= 11 is 0. The number of hydrogen-bond acceptors (Lipinski definition) is 3. The first-order chi connectivity index (χ1) is 10.5. The van der Waals surface area contributed by atoms with Crippen LogP contribution in [0.4, 0.5) is 13.2 Å². The summed E-state index contributed by atoms with van der Waals surface area (Å²) in [5.74, 6) is 0.565. The third kappa shape index (κ3) is 2.67. The van der Waals surface area contributed by atoms with Gasteiger partial charge in [-0.3, -0.25) is 4.40 Å². The highest BCUT2D eigenvalue weighted by atomic mass is 19.4. The SMILES string of the molecule is NCc1cccc2nnc(Cc3cccc(C(F)(F)F)c3)n12. The van der Waals surface area contributed by atoms with Crippen molar-refractivity contribution in [1.29, 1.82) is 0 Å². The lowest BCUT2D eigenvalue weighted by atomic mass is 10.1. The van der Waals surface area contributed by atoms with E-state index in [0.29, 0.717) is 23.6 Å². The van der Waals surface area contributed by atoms with Gasteiger partial charge in [0.15, 0.2) is 5.65 Å². The fourth-order valence-electron chi connectivity index (χ4n) is 2.39. The molecule has 22 heavy (non-hydrogen) atoms. The van der Waals surface area contributed by atoms with E-state index < -0.39 is 11.7 Å².